The largest absolute Gasteiger partial charge is 0.618 e. The first-order chi connectivity index (χ1) is 16.9. The maximum Gasteiger partial charge on any atom is 0.270 e. The van der Waals surface area contributed by atoms with Crippen LogP contribution in [0.4, 0.5) is 5.69 Å². The fraction of sp³-hybridized carbons (Fsp3) is 0.385. The van der Waals surface area contributed by atoms with Gasteiger partial charge in [-0.15, -0.1) is 0 Å². The second kappa shape index (κ2) is 10.7. The van der Waals surface area contributed by atoms with E-state index >= 15 is 0 Å². The van der Waals surface area contributed by atoms with Gasteiger partial charge in [0.2, 0.25) is 5.91 Å². The second-order valence-electron chi connectivity index (χ2n) is 9.09. The second-order valence-corrected chi connectivity index (χ2v) is 9.09. The van der Waals surface area contributed by atoms with Crippen LogP contribution in [0.3, 0.4) is 0 Å². The highest BCUT2D eigenvalue weighted by Gasteiger charge is 2.32. The third kappa shape index (κ3) is 5.51. The Hall–Kier alpha value is -3.72. The number of nitrogens with one attached hydrogen (secondary N) is 2. The molecule has 0 saturated heterocycles. The Kier molecular flexibility index (Phi) is 7.45. The van der Waals surface area contributed by atoms with Crippen molar-refractivity contribution in [3.63, 3.8) is 0 Å². The highest BCUT2D eigenvalue weighted by Crippen LogP contribution is 2.28. The molecule has 3 N–H and O–H groups in total. The van der Waals surface area contributed by atoms with Gasteiger partial charge in [0.1, 0.15) is 11.7 Å². The van der Waals surface area contributed by atoms with Crippen molar-refractivity contribution in [1.82, 2.24) is 15.1 Å². The summed E-state index contributed by atoms with van der Waals surface area (Å²) in [6, 6.07) is 9.95. The van der Waals surface area contributed by atoms with Crippen molar-refractivity contribution in [2.45, 2.75) is 51.7 Å². The molecule has 35 heavy (non-hydrogen) atoms. The number of aryl methyl sites for hydroxylation is 1. The lowest BCUT2D eigenvalue weighted by molar-refractivity contribution is -0.612. The van der Waals surface area contributed by atoms with Gasteiger partial charge in [-0.1, -0.05) is 31.4 Å². The zero-order valence-corrected chi connectivity index (χ0v) is 20.0. The van der Waals surface area contributed by atoms with E-state index < -0.39 is 6.04 Å². The molecule has 1 aliphatic rings. The quantitative estimate of drug-likeness (QED) is 0.357. The number of aliphatic hydroxyl groups excluding tert-OH is 1. The van der Waals surface area contributed by atoms with Gasteiger partial charge in [0.15, 0.2) is 11.9 Å². The zero-order chi connectivity index (χ0) is 24.9. The summed E-state index contributed by atoms with van der Waals surface area (Å²) in [7, 11) is 1.69. The van der Waals surface area contributed by atoms with Crippen molar-refractivity contribution in [3.05, 3.63) is 71.0 Å². The Bertz CT molecular complexity index is 1200. The van der Waals surface area contributed by atoms with E-state index in [9.17, 15) is 19.9 Å². The number of carbonyl (C=O) groups is 2. The molecule has 0 bridgehead atoms. The van der Waals surface area contributed by atoms with Crippen LogP contribution in [0, 0.1) is 18.0 Å². The molecule has 2 amide bonds. The van der Waals surface area contributed by atoms with Gasteiger partial charge in [0, 0.05) is 31.4 Å². The first kappa shape index (κ1) is 24.4. The van der Waals surface area contributed by atoms with E-state index in [0.29, 0.717) is 28.2 Å². The number of hydrogen-bond acceptors (Lipinski definition) is 5. The smallest absolute Gasteiger partial charge is 0.270 e. The molecule has 3 aromatic rings. The topological polar surface area (TPSA) is 123 Å². The van der Waals surface area contributed by atoms with Crippen LogP contribution in [0.15, 0.2) is 48.8 Å². The van der Waals surface area contributed by atoms with E-state index in [2.05, 4.69) is 15.7 Å². The molecule has 1 atom stereocenters. The summed E-state index contributed by atoms with van der Waals surface area (Å²) < 4.78 is 2.24. The molecule has 0 spiro atoms. The van der Waals surface area contributed by atoms with Gasteiger partial charge in [0.05, 0.1) is 12.2 Å². The molecule has 2 heterocycles. The molecule has 1 aliphatic carbocycles. The van der Waals surface area contributed by atoms with Crippen molar-refractivity contribution in [2.75, 3.05) is 5.32 Å². The summed E-state index contributed by atoms with van der Waals surface area (Å²) in [6.45, 7) is 1.50. The van der Waals surface area contributed by atoms with Gasteiger partial charge in [-0.25, -0.2) is 0 Å². The van der Waals surface area contributed by atoms with E-state index in [-0.39, 0.29) is 24.3 Å². The van der Waals surface area contributed by atoms with Gasteiger partial charge in [0.25, 0.3) is 5.91 Å². The normalized spacial score (nSPS) is 14.9. The highest BCUT2D eigenvalue weighted by molar-refractivity contribution is 6.00. The van der Waals surface area contributed by atoms with Crippen LogP contribution in [-0.2, 0) is 18.4 Å². The van der Waals surface area contributed by atoms with E-state index in [4.69, 9.17) is 0 Å². The number of anilines is 1. The van der Waals surface area contributed by atoms with Crippen molar-refractivity contribution < 1.29 is 19.4 Å². The number of amides is 2. The fourth-order valence-corrected chi connectivity index (χ4v) is 4.70. The predicted molar refractivity (Wildman–Crippen MR) is 131 cm³/mol. The van der Waals surface area contributed by atoms with Gasteiger partial charge in [-0.3, -0.25) is 14.3 Å². The molecule has 9 heteroatoms. The monoisotopic (exact) mass is 477 g/mol. The van der Waals surface area contributed by atoms with Crippen molar-refractivity contribution in [1.29, 1.82) is 0 Å². The molecule has 2 aromatic heterocycles. The molecule has 0 unspecified atom stereocenters. The van der Waals surface area contributed by atoms with Gasteiger partial charge < -0.3 is 20.9 Å². The molecule has 184 valence electrons. The first-order valence-corrected chi connectivity index (χ1v) is 11.9. The average Bonchev–Trinajstić information content (AvgIpc) is 3.31. The Balaban J connectivity index is 1.52. The number of hydrogen-bond donors (Lipinski definition) is 3. The summed E-state index contributed by atoms with van der Waals surface area (Å²) in [5.41, 5.74) is 3.56. The molecule has 0 radical (unpaired) electrons. The minimum Gasteiger partial charge on any atom is -0.618 e. The summed E-state index contributed by atoms with van der Waals surface area (Å²) in [4.78, 5) is 26.2. The lowest BCUT2D eigenvalue weighted by atomic mass is 9.83. The molecule has 4 rings (SSSR count). The summed E-state index contributed by atoms with van der Waals surface area (Å²) in [5, 5.41) is 31.5. The SMILES string of the molecule is Cc1c(-c2ccc(NC(=O)[C@@H](NC(=O)c3ccnn3C)C3CCCCC3)cc2)cc(CO)c[n+]1[O-]. The Morgan fingerprint density at radius 2 is 1.91 bits per heavy atom. The van der Waals surface area contributed by atoms with Crippen LogP contribution < -0.4 is 15.4 Å². The standard InChI is InChI=1S/C26H31N5O4/c1-17-22(14-18(16-32)15-31(17)35)19-8-10-21(11-9-19)28-26(34)24(20-6-4-3-5-7-20)29-25(33)23-12-13-27-30(23)2/h8-15,20,24,32H,3-7,16H2,1-2H3,(H,28,34)(H,29,33)/t24-/m0/s1. The lowest BCUT2D eigenvalue weighted by Gasteiger charge is -2.30. The van der Waals surface area contributed by atoms with E-state index in [1.54, 1.807) is 44.4 Å². The highest BCUT2D eigenvalue weighted by atomic mass is 16.5. The van der Waals surface area contributed by atoms with Crippen LogP contribution >= 0.6 is 0 Å². The van der Waals surface area contributed by atoms with Crippen molar-refractivity contribution in [3.8, 4) is 11.1 Å². The third-order valence-electron chi connectivity index (χ3n) is 6.72. The van der Waals surface area contributed by atoms with Crippen LogP contribution in [0.5, 0.6) is 0 Å². The van der Waals surface area contributed by atoms with Crippen LogP contribution in [0.25, 0.3) is 11.1 Å². The number of aliphatic hydroxyl groups is 1. The maximum absolute atomic E-state index is 13.3. The van der Waals surface area contributed by atoms with E-state index in [0.717, 1.165) is 42.4 Å². The number of aromatic nitrogens is 3. The Morgan fingerprint density at radius 1 is 1.20 bits per heavy atom. The first-order valence-electron chi connectivity index (χ1n) is 11.9. The van der Waals surface area contributed by atoms with Gasteiger partial charge >= 0.3 is 0 Å². The van der Waals surface area contributed by atoms with Crippen molar-refractivity contribution >= 4 is 17.5 Å². The minimum absolute atomic E-state index is 0.0663. The number of benzene rings is 1. The average molecular weight is 478 g/mol. The third-order valence-corrected chi connectivity index (χ3v) is 6.72. The van der Waals surface area contributed by atoms with Gasteiger partial charge in [-0.2, -0.15) is 9.83 Å². The summed E-state index contributed by atoms with van der Waals surface area (Å²) >= 11 is 0. The molecule has 1 saturated carbocycles. The fourth-order valence-electron chi connectivity index (χ4n) is 4.70. The molecule has 9 nitrogen and oxygen atoms in total. The minimum atomic E-state index is -0.653. The molecule has 0 aliphatic heterocycles. The van der Waals surface area contributed by atoms with Crippen LogP contribution in [-0.4, -0.2) is 32.7 Å². The number of pyridine rings is 1. The molecule has 1 fully saturated rings. The number of nitrogens with zero attached hydrogens (tertiary/aromatic N) is 3. The summed E-state index contributed by atoms with van der Waals surface area (Å²) in [6.07, 6.45) is 7.91. The zero-order valence-electron chi connectivity index (χ0n) is 20.0. The van der Waals surface area contributed by atoms with Crippen molar-refractivity contribution in [2.24, 2.45) is 13.0 Å². The van der Waals surface area contributed by atoms with Crippen LogP contribution in [0.1, 0.15) is 53.8 Å². The van der Waals surface area contributed by atoms with Crippen LogP contribution in [0.2, 0.25) is 0 Å². The Labute approximate surface area is 204 Å². The maximum atomic E-state index is 13.3. The number of carbonyl (C=O) groups excluding carboxylic acids is 2. The van der Waals surface area contributed by atoms with E-state index in [1.165, 1.54) is 10.9 Å². The molecular formula is C26H31N5O4. The molecule has 1 aromatic carbocycles. The predicted octanol–water partition coefficient (Wildman–Crippen LogP) is 2.84. The summed E-state index contributed by atoms with van der Waals surface area (Å²) in [5.74, 6) is -0.510. The Morgan fingerprint density at radius 3 is 2.54 bits per heavy atom. The molecular weight excluding hydrogens is 446 g/mol. The van der Waals surface area contributed by atoms with Gasteiger partial charge in [-0.05, 0) is 48.6 Å². The number of rotatable bonds is 7. The lowest BCUT2D eigenvalue weighted by Crippen LogP contribution is -2.49. The van der Waals surface area contributed by atoms with E-state index in [1.807, 2.05) is 12.1 Å².